The van der Waals surface area contributed by atoms with Crippen molar-refractivity contribution in [2.45, 2.75) is 53.1 Å². The Bertz CT molecular complexity index is 390. The van der Waals surface area contributed by atoms with Crippen LogP contribution in [0.1, 0.15) is 56.5 Å². The summed E-state index contributed by atoms with van der Waals surface area (Å²) in [6.07, 6.45) is 2.47. The molecule has 2 nitrogen and oxygen atoms in total. The maximum Gasteiger partial charge on any atom is 0.191 e. The number of hydrogen-bond acceptors (Lipinski definition) is 2. The van der Waals surface area contributed by atoms with Crippen LogP contribution < -0.4 is 0 Å². The normalized spacial score (nSPS) is 12.7. The molecule has 0 aliphatic carbocycles. The Morgan fingerprint density at radius 2 is 2.00 bits per heavy atom. The predicted molar refractivity (Wildman–Crippen MR) is 79.6 cm³/mol. The molecule has 0 fully saturated rings. The largest absolute Gasteiger partial charge is 0.370 e. The number of carbonyl (C=O) groups is 1. The van der Waals surface area contributed by atoms with Crippen LogP contribution >= 0.6 is 0 Å². The highest BCUT2D eigenvalue weighted by atomic mass is 16.5. The summed E-state index contributed by atoms with van der Waals surface area (Å²) in [7, 11) is 0. The lowest BCUT2D eigenvalue weighted by atomic mass is 9.97. The van der Waals surface area contributed by atoms with Crippen LogP contribution in [0.2, 0.25) is 0 Å². The van der Waals surface area contributed by atoms with Crippen molar-refractivity contribution in [3.8, 4) is 0 Å². The number of carbonyl (C=O) groups excluding carboxylic acids is 1. The lowest BCUT2D eigenvalue weighted by Crippen LogP contribution is -2.24. The average Bonchev–Trinajstić information content (AvgIpc) is 2.37. The second kappa shape index (κ2) is 8.11. The standard InChI is InChI=1S/C17H26O2/c1-5-8-16(19-6-2)17(18)15-10-7-9-14(12-15)11-13(3)4/h7,9-10,12-13,16H,5-6,8,11H2,1-4H3. The SMILES string of the molecule is CCCC(OCC)C(=O)c1cccc(CC(C)C)c1. The van der Waals surface area contributed by atoms with E-state index in [0.717, 1.165) is 24.8 Å². The van der Waals surface area contributed by atoms with Crippen LogP contribution in [0.15, 0.2) is 24.3 Å². The van der Waals surface area contributed by atoms with E-state index in [9.17, 15) is 4.79 Å². The second-order valence-electron chi connectivity index (χ2n) is 5.40. The molecular formula is C17H26O2. The summed E-state index contributed by atoms with van der Waals surface area (Å²) in [6.45, 7) is 8.98. The van der Waals surface area contributed by atoms with Gasteiger partial charge in [0, 0.05) is 12.2 Å². The Labute approximate surface area is 117 Å². The first-order valence-corrected chi connectivity index (χ1v) is 7.33. The molecule has 0 saturated heterocycles. The minimum absolute atomic E-state index is 0.120. The lowest BCUT2D eigenvalue weighted by molar-refractivity contribution is 0.0423. The van der Waals surface area contributed by atoms with Gasteiger partial charge in [0.2, 0.25) is 0 Å². The van der Waals surface area contributed by atoms with Gasteiger partial charge in [-0.3, -0.25) is 4.79 Å². The summed E-state index contributed by atoms with van der Waals surface area (Å²) in [6, 6.07) is 7.98. The second-order valence-corrected chi connectivity index (χ2v) is 5.40. The molecule has 106 valence electrons. The first-order chi connectivity index (χ1) is 9.08. The van der Waals surface area contributed by atoms with E-state index in [-0.39, 0.29) is 11.9 Å². The van der Waals surface area contributed by atoms with Gasteiger partial charge in [0.1, 0.15) is 6.10 Å². The van der Waals surface area contributed by atoms with Crippen LogP contribution in [-0.2, 0) is 11.2 Å². The Balaban J connectivity index is 2.84. The van der Waals surface area contributed by atoms with Gasteiger partial charge in [0.05, 0.1) is 0 Å². The maximum atomic E-state index is 12.4. The van der Waals surface area contributed by atoms with Gasteiger partial charge in [-0.15, -0.1) is 0 Å². The fourth-order valence-corrected chi connectivity index (χ4v) is 2.26. The fourth-order valence-electron chi connectivity index (χ4n) is 2.26. The molecule has 1 aromatic carbocycles. The van der Waals surface area contributed by atoms with Crippen molar-refractivity contribution in [3.05, 3.63) is 35.4 Å². The number of hydrogen-bond donors (Lipinski definition) is 0. The molecule has 1 aromatic rings. The highest BCUT2D eigenvalue weighted by Crippen LogP contribution is 2.15. The number of benzene rings is 1. The van der Waals surface area contributed by atoms with E-state index in [4.69, 9.17) is 4.74 Å². The Morgan fingerprint density at radius 3 is 2.58 bits per heavy atom. The van der Waals surface area contributed by atoms with Crippen molar-refractivity contribution in [3.63, 3.8) is 0 Å². The van der Waals surface area contributed by atoms with Crippen LogP contribution in [-0.4, -0.2) is 18.5 Å². The molecule has 0 saturated carbocycles. The van der Waals surface area contributed by atoms with E-state index in [0.29, 0.717) is 12.5 Å². The number of Topliss-reactive ketones (excluding diaryl/α,β-unsaturated/α-hetero) is 1. The number of rotatable bonds is 8. The van der Waals surface area contributed by atoms with Crippen LogP contribution in [0.5, 0.6) is 0 Å². The van der Waals surface area contributed by atoms with E-state index >= 15 is 0 Å². The van der Waals surface area contributed by atoms with Crippen molar-refractivity contribution in [1.29, 1.82) is 0 Å². The molecule has 1 atom stereocenters. The molecule has 0 amide bonds. The molecule has 0 radical (unpaired) electrons. The van der Waals surface area contributed by atoms with Crippen LogP contribution in [0.25, 0.3) is 0 Å². The van der Waals surface area contributed by atoms with Gasteiger partial charge in [0.15, 0.2) is 5.78 Å². The number of ketones is 1. The molecule has 0 spiro atoms. The Morgan fingerprint density at radius 1 is 1.26 bits per heavy atom. The number of ether oxygens (including phenoxy) is 1. The van der Waals surface area contributed by atoms with Gasteiger partial charge in [-0.05, 0) is 37.3 Å². The predicted octanol–water partition coefficient (Wildman–Crippen LogP) is 4.27. The van der Waals surface area contributed by atoms with Crippen molar-refractivity contribution < 1.29 is 9.53 Å². The van der Waals surface area contributed by atoms with E-state index in [2.05, 4.69) is 26.8 Å². The highest BCUT2D eigenvalue weighted by Gasteiger charge is 2.19. The van der Waals surface area contributed by atoms with E-state index in [1.807, 2.05) is 25.1 Å². The summed E-state index contributed by atoms with van der Waals surface area (Å²) in [5.74, 6) is 0.720. The van der Waals surface area contributed by atoms with Gasteiger partial charge >= 0.3 is 0 Å². The van der Waals surface area contributed by atoms with Crippen LogP contribution in [0, 0.1) is 5.92 Å². The summed E-state index contributed by atoms with van der Waals surface area (Å²) < 4.78 is 5.57. The quantitative estimate of drug-likeness (QED) is 0.654. The van der Waals surface area contributed by atoms with Crippen molar-refractivity contribution in [2.24, 2.45) is 5.92 Å². The van der Waals surface area contributed by atoms with E-state index in [1.54, 1.807) is 0 Å². The van der Waals surface area contributed by atoms with Crippen molar-refractivity contribution in [1.82, 2.24) is 0 Å². The first kappa shape index (κ1) is 15.9. The Kier molecular flexibility index (Phi) is 6.79. The van der Waals surface area contributed by atoms with Gasteiger partial charge < -0.3 is 4.74 Å². The van der Waals surface area contributed by atoms with Gasteiger partial charge in [-0.25, -0.2) is 0 Å². The topological polar surface area (TPSA) is 26.3 Å². The minimum atomic E-state index is -0.288. The first-order valence-electron chi connectivity index (χ1n) is 7.33. The zero-order chi connectivity index (χ0) is 14.3. The molecule has 2 heteroatoms. The summed E-state index contributed by atoms with van der Waals surface area (Å²) in [4.78, 5) is 12.4. The summed E-state index contributed by atoms with van der Waals surface area (Å²) in [5.41, 5.74) is 2.01. The lowest BCUT2D eigenvalue weighted by Gasteiger charge is -2.15. The highest BCUT2D eigenvalue weighted by molar-refractivity contribution is 5.99. The Hall–Kier alpha value is -1.15. The molecule has 0 aromatic heterocycles. The molecule has 0 bridgehead atoms. The van der Waals surface area contributed by atoms with Crippen molar-refractivity contribution >= 4 is 5.78 Å². The molecule has 1 rings (SSSR count). The van der Waals surface area contributed by atoms with Crippen LogP contribution in [0.3, 0.4) is 0 Å². The third-order valence-corrected chi connectivity index (χ3v) is 3.07. The van der Waals surface area contributed by atoms with Crippen LogP contribution in [0.4, 0.5) is 0 Å². The molecule has 19 heavy (non-hydrogen) atoms. The summed E-state index contributed by atoms with van der Waals surface area (Å²) >= 11 is 0. The minimum Gasteiger partial charge on any atom is -0.370 e. The molecule has 0 aliphatic heterocycles. The monoisotopic (exact) mass is 262 g/mol. The van der Waals surface area contributed by atoms with Gasteiger partial charge in [-0.2, -0.15) is 0 Å². The zero-order valence-electron chi connectivity index (χ0n) is 12.6. The summed E-state index contributed by atoms with van der Waals surface area (Å²) in [5, 5.41) is 0. The average molecular weight is 262 g/mol. The molecule has 1 unspecified atom stereocenters. The third-order valence-electron chi connectivity index (χ3n) is 3.07. The smallest absolute Gasteiger partial charge is 0.191 e. The van der Waals surface area contributed by atoms with Crippen molar-refractivity contribution in [2.75, 3.05) is 6.61 Å². The van der Waals surface area contributed by atoms with E-state index < -0.39 is 0 Å². The van der Waals surface area contributed by atoms with E-state index in [1.165, 1.54) is 5.56 Å². The fraction of sp³-hybridized carbons (Fsp3) is 0.588. The third kappa shape index (κ3) is 5.15. The molecule has 0 heterocycles. The molecule has 0 aliphatic rings. The maximum absolute atomic E-state index is 12.4. The zero-order valence-corrected chi connectivity index (χ0v) is 12.6. The van der Waals surface area contributed by atoms with Gasteiger partial charge in [0.25, 0.3) is 0 Å². The molecular weight excluding hydrogens is 236 g/mol. The molecule has 0 N–H and O–H groups in total. The van der Waals surface area contributed by atoms with Gasteiger partial charge in [-0.1, -0.05) is 45.4 Å².